The molecule has 7 atom stereocenters. The van der Waals surface area contributed by atoms with Crippen molar-refractivity contribution in [1.82, 2.24) is 0 Å². The van der Waals surface area contributed by atoms with Crippen molar-refractivity contribution in [3.63, 3.8) is 0 Å². The highest BCUT2D eigenvalue weighted by Crippen LogP contribution is 2.73. The van der Waals surface area contributed by atoms with Gasteiger partial charge in [0.2, 0.25) is 0 Å². The Hall–Kier alpha value is -0.830. The van der Waals surface area contributed by atoms with Gasteiger partial charge in [0.1, 0.15) is 0 Å². The van der Waals surface area contributed by atoms with Gasteiger partial charge in [0.15, 0.2) is 0 Å². The molecule has 1 aliphatic heterocycles. The van der Waals surface area contributed by atoms with Crippen LogP contribution in [-0.4, -0.2) is 24.8 Å². The Bertz CT molecular complexity index is 586. The van der Waals surface area contributed by atoms with Crippen LogP contribution in [-0.2, 0) is 14.3 Å². The van der Waals surface area contributed by atoms with Gasteiger partial charge in [-0.1, -0.05) is 26.3 Å². The van der Waals surface area contributed by atoms with Gasteiger partial charge in [0, 0.05) is 5.41 Å². The number of hydrogen-bond acceptors (Lipinski definition) is 3. The first-order valence-corrected chi connectivity index (χ1v) is 9.67. The van der Waals surface area contributed by atoms with Crippen LogP contribution in [0.5, 0.6) is 0 Å². The van der Waals surface area contributed by atoms with E-state index in [1.165, 1.54) is 12.8 Å². The Morgan fingerprint density at radius 3 is 2.50 bits per heavy atom. The van der Waals surface area contributed by atoms with Gasteiger partial charge in [0.25, 0.3) is 0 Å². The number of ether oxygens (including phenoxy) is 2. The molecule has 1 spiro atoms. The van der Waals surface area contributed by atoms with Gasteiger partial charge in [0.05, 0.1) is 24.2 Å². The summed E-state index contributed by atoms with van der Waals surface area (Å²) in [6.07, 6.45) is 10.3. The number of methoxy groups -OCH3 is 1. The molecule has 3 saturated carbocycles. The summed E-state index contributed by atoms with van der Waals surface area (Å²) < 4.78 is 11.7. The Labute approximate surface area is 146 Å². The zero-order valence-electron chi connectivity index (χ0n) is 15.7. The number of rotatable bonds is 2. The molecule has 0 aromatic rings. The zero-order chi connectivity index (χ0) is 17.4. The molecule has 24 heavy (non-hydrogen) atoms. The Kier molecular flexibility index (Phi) is 3.37. The third kappa shape index (κ3) is 1.80. The summed E-state index contributed by atoms with van der Waals surface area (Å²) >= 11 is 0. The van der Waals surface area contributed by atoms with Crippen LogP contribution in [0.3, 0.4) is 0 Å². The van der Waals surface area contributed by atoms with Gasteiger partial charge in [-0.2, -0.15) is 0 Å². The maximum atomic E-state index is 12.6. The maximum Gasteiger partial charge on any atom is 0.311 e. The highest BCUT2D eigenvalue weighted by molar-refractivity contribution is 5.77. The lowest BCUT2D eigenvalue weighted by molar-refractivity contribution is -0.175. The molecule has 3 aliphatic carbocycles. The van der Waals surface area contributed by atoms with Crippen molar-refractivity contribution in [2.75, 3.05) is 7.11 Å². The highest BCUT2D eigenvalue weighted by Gasteiger charge is 2.75. The predicted molar refractivity (Wildman–Crippen MR) is 93.4 cm³/mol. The van der Waals surface area contributed by atoms with Gasteiger partial charge in [-0.25, -0.2) is 0 Å². The fourth-order valence-corrected chi connectivity index (χ4v) is 7.26. The van der Waals surface area contributed by atoms with Gasteiger partial charge >= 0.3 is 5.97 Å². The quantitative estimate of drug-likeness (QED) is 0.424. The third-order valence-electron chi connectivity index (χ3n) is 8.60. The lowest BCUT2D eigenvalue weighted by Gasteiger charge is -2.60. The molecule has 0 aromatic heterocycles. The van der Waals surface area contributed by atoms with Crippen LogP contribution in [0.1, 0.15) is 65.7 Å². The second-order valence-corrected chi connectivity index (χ2v) is 9.61. The SMILES string of the molecule is C=C[C@@]1(C)CC[C@@H]2[C@@]3(C)CCC[C@@](C)(C(=O)OC)[C@@H]3CC[C@]23O[C@@H]31. The van der Waals surface area contributed by atoms with E-state index < -0.39 is 0 Å². The van der Waals surface area contributed by atoms with Gasteiger partial charge in [-0.15, -0.1) is 6.58 Å². The summed E-state index contributed by atoms with van der Waals surface area (Å²) in [5.41, 5.74) is 0.0461. The average molecular weight is 332 g/mol. The first-order chi connectivity index (χ1) is 11.3. The Balaban J connectivity index is 1.70. The summed E-state index contributed by atoms with van der Waals surface area (Å²) in [6, 6.07) is 0. The molecular formula is C21H32O3. The molecule has 0 radical (unpaired) electrons. The topological polar surface area (TPSA) is 38.8 Å². The molecule has 0 bridgehead atoms. The van der Waals surface area contributed by atoms with E-state index in [9.17, 15) is 4.79 Å². The number of epoxide rings is 1. The minimum absolute atomic E-state index is 0.00520. The summed E-state index contributed by atoms with van der Waals surface area (Å²) in [4.78, 5) is 12.6. The Morgan fingerprint density at radius 2 is 1.83 bits per heavy atom. The van der Waals surface area contributed by atoms with Crippen molar-refractivity contribution in [2.45, 2.75) is 77.4 Å². The van der Waals surface area contributed by atoms with Gasteiger partial charge in [-0.05, 0) is 62.7 Å². The van der Waals surface area contributed by atoms with Crippen molar-refractivity contribution in [3.8, 4) is 0 Å². The molecule has 0 unspecified atom stereocenters. The molecule has 4 fully saturated rings. The molecule has 1 heterocycles. The summed E-state index contributed by atoms with van der Waals surface area (Å²) in [5.74, 6) is 0.986. The molecule has 0 N–H and O–H groups in total. The van der Waals surface area contributed by atoms with Crippen LogP contribution in [0.2, 0.25) is 0 Å². The standard InChI is InChI=1S/C21H32O3/c1-6-18(2)12-8-15-19(3)10-7-11-20(4,17(22)23-5)14(19)9-13-21(15)16(18)24-21/h6,14-16H,1,7-13H2,2-5H3/t14-,15-,16-,18+,19+,20-,21+/m1/s1. The van der Waals surface area contributed by atoms with E-state index >= 15 is 0 Å². The number of hydrogen-bond donors (Lipinski definition) is 0. The van der Waals surface area contributed by atoms with E-state index in [-0.39, 0.29) is 27.8 Å². The van der Waals surface area contributed by atoms with Gasteiger partial charge in [-0.3, -0.25) is 4.79 Å². The van der Waals surface area contributed by atoms with Crippen molar-refractivity contribution in [2.24, 2.45) is 28.1 Å². The van der Waals surface area contributed by atoms with Crippen molar-refractivity contribution < 1.29 is 14.3 Å². The van der Waals surface area contributed by atoms with Crippen molar-refractivity contribution in [3.05, 3.63) is 12.7 Å². The monoisotopic (exact) mass is 332 g/mol. The highest BCUT2D eigenvalue weighted by atomic mass is 16.6. The minimum Gasteiger partial charge on any atom is -0.469 e. The van der Waals surface area contributed by atoms with Crippen molar-refractivity contribution in [1.29, 1.82) is 0 Å². The number of esters is 1. The van der Waals surface area contributed by atoms with E-state index in [2.05, 4.69) is 33.4 Å². The largest absolute Gasteiger partial charge is 0.469 e. The number of fused-ring (bicyclic) bond motifs is 2. The molecule has 3 nitrogen and oxygen atoms in total. The molecule has 4 rings (SSSR count). The smallest absolute Gasteiger partial charge is 0.311 e. The third-order valence-corrected chi connectivity index (χ3v) is 8.60. The average Bonchev–Trinajstić information content (AvgIpc) is 3.29. The molecule has 0 amide bonds. The zero-order valence-corrected chi connectivity index (χ0v) is 15.7. The van der Waals surface area contributed by atoms with E-state index in [0.717, 1.165) is 32.1 Å². The number of carbonyl (C=O) groups excluding carboxylic acids is 1. The first-order valence-electron chi connectivity index (χ1n) is 9.67. The maximum absolute atomic E-state index is 12.6. The first kappa shape index (κ1) is 16.6. The van der Waals surface area contributed by atoms with E-state index in [1.54, 1.807) is 7.11 Å². The van der Waals surface area contributed by atoms with Crippen LogP contribution in [0, 0.1) is 28.1 Å². The summed E-state index contributed by atoms with van der Waals surface area (Å²) in [5, 5.41) is 0. The van der Waals surface area contributed by atoms with Crippen LogP contribution in [0.4, 0.5) is 0 Å². The molecule has 4 aliphatic rings. The van der Waals surface area contributed by atoms with Crippen LogP contribution >= 0.6 is 0 Å². The molecule has 134 valence electrons. The van der Waals surface area contributed by atoms with Gasteiger partial charge < -0.3 is 9.47 Å². The summed E-state index contributed by atoms with van der Waals surface area (Å²) in [6.45, 7) is 11.0. The predicted octanol–water partition coefficient (Wildman–Crippen LogP) is 4.51. The molecule has 3 heteroatoms. The molecule has 0 aromatic carbocycles. The van der Waals surface area contributed by atoms with Crippen LogP contribution < -0.4 is 0 Å². The lowest BCUT2D eigenvalue weighted by Crippen LogP contribution is -2.59. The fraction of sp³-hybridized carbons (Fsp3) is 0.857. The van der Waals surface area contributed by atoms with Crippen LogP contribution in [0.25, 0.3) is 0 Å². The van der Waals surface area contributed by atoms with E-state index in [1.807, 2.05) is 0 Å². The van der Waals surface area contributed by atoms with Crippen molar-refractivity contribution >= 4 is 5.97 Å². The minimum atomic E-state index is -0.326. The number of carbonyl (C=O) groups is 1. The van der Waals surface area contributed by atoms with E-state index in [0.29, 0.717) is 17.9 Å². The Morgan fingerprint density at radius 1 is 1.12 bits per heavy atom. The van der Waals surface area contributed by atoms with Crippen LogP contribution in [0.15, 0.2) is 12.7 Å². The molecule has 1 saturated heterocycles. The second-order valence-electron chi connectivity index (χ2n) is 9.61. The second kappa shape index (κ2) is 4.87. The lowest BCUT2D eigenvalue weighted by atomic mass is 9.43. The molecular weight excluding hydrogens is 300 g/mol. The summed E-state index contributed by atoms with van der Waals surface area (Å²) in [7, 11) is 1.54. The normalized spacial score (nSPS) is 55.6. The van der Waals surface area contributed by atoms with E-state index in [4.69, 9.17) is 9.47 Å². The fourth-order valence-electron chi connectivity index (χ4n) is 7.26.